The van der Waals surface area contributed by atoms with Gasteiger partial charge in [-0.05, 0) is 37.1 Å². The van der Waals surface area contributed by atoms with E-state index in [0.717, 1.165) is 30.0 Å². The fraction of sp³-hybridized carbons (Fsp3) is 0.368. The van der Waals surface area contributed by atoms with Crippen molar-refractivity contribution in [1.29, 1.82) is 0 Å². The minimum Gasteiger partial charge on any atom is -0.486 e. The summed E-state index contributed by atoms with van der Waals surface area (Å²) in [5.74, 6) is 2.25. The van der Waals surface area contributed by atoms with Crippen LogP contribution in [0.5, 0.6) is 11.5 Å². The molecule has 0 unspecified atom stereocenters. The summed E-state index contributed by atoms with van der Waals surface area (Å²) >= 11 is 0. The molecular weight excluding hydrogens is 318 g/mol. The van der Waals surface area contributed by atoms with E-state index in [1.165, 1.54) is 0 Å². The van der Waals surface area contributed by atoms with E-state index in [9.17, 15) is 4.79 Å². The van der Waals surface area contributed by atoms with Crippen molar-refractivity contribution in [3.63, 3.8) is 0 Å². The predicted octanol–water partition coefficient (Wildman–Crippen LogP) is 3.97. The van der Waals surface area contributed by atoms with Crippen molar-refractivity contribution in [3.05, 3.63) is 36.5 Å². The molecule has 1 aromatic carbocycles. The van der Waals surface area contributed by atoms with Gasteiger partial charge in [-0.25, -0.2) is 4.98 Å². The fourth-order valence-electron chi connectivity index (χ4n) is 2.71. The van der Waals surface area contributed by atoms with Crippen molar-refractivity contribution in [3.8, 4) is 11.5 Å². The molecule has 1 aromatic heterocycles. The Labute approximate surface area is 147 Å². The van der Waals surface area contributed by atoms with E-state index in [1.807, 2.05) is 44.2 Å². The van der Waals surface area contributed by atoms with Gasteiger partial charge in [-0.15, -0.1) is 0 Å². The van der Waals surface area contributed by atoms with Crippen molar-refractivity contribution in [2.45, 2.75) is 26.7 Å². The molecular formula is C19H23N3O3. The highest BCUT2D eigenvalue weighted by Crippen LogP contribution is 2.33. The van der Waals surface area contributed by atoms with Gasteiger partial charge < -0.3 is 20.1 Å². The van der Waals surface area contributed by atoms with Gasteiger partial charge in [-0.3, -0.25) is 4.79 Å². The first-order chi connectivity index (χ1) is 12.2. The van der Waals surface area contributed by atoms with Gasteiger partial charge in [0.1, 0.15) is 19.0 Å². The summed E-state index contributed by atoms with van der Waals surface area (Å²) in [5, 5.41) is 6.13. The Morgan fingerprint density at radius 3 is 2.48 bits per heavy atom. The number of nitrogens with zero attached hydrogens (tertiary/aromatic N) is 1. The van der Waals surface area contributed by atoms with Crippen LogP contribution in [0, 0.1) is 5.92 Å². The number of fused-ring (bicyclic) bond motifs is 1. The van der Waals surface area contributed by atoms with Gasteiger partial charge in [0.15, 0.2) is 11.5 Å². The maximum atomic E-state index is 12.1. The average molecular weight is 341 g/mol. The van der Waals surface area contributed by atoms with Gasteiger partial charge in [0.25, 0.3) is 0 Å². The Balaban J connectivity index is 1.64. The van der Waals surface area contributed by atoms with Crippen LogP contribution in [0.2, 0.25) is 0 Å². The zero-order chi connectivity index (χ0) is 17.6. The second kappa shape index (κ2) is 7.88. The summed E-state index contributed by atoms with van der Waals surface area (Å²) < 4.78 is 11.1. The molecule has 6 heteroatoms. The largest absolute Gasteiger partial charge is 0.486 e. The standard InChI is InChI=1S/C19H23N3O3/c1-3-13(4-2)19(23)22-15-6-8-18(20-12-15)21-14-5-7-16-17(11-14)25-10-9-24-16/h5-8,11-13H,3-4,9-10H2,1-2H3,(H,20,21)(H,22,23). The van der Waals surface area contributed by atoms with Gasteiger partial charge in [0.2, 0.25) is 5.91 Å². The Bertz CT molecular complexity index is 727. The Morgan fingerprint density at radius 1 is 1.08 bits per heavy atom. The zero-order valence-corrected chi connectivity index (χ0v) is 14.5. The highest BCUT2D eigenvalue weighted by atomic mass is 16.6. The van der Waals surface area contributed by atoms with Crippen LogP contribution in [0.3, 0.4) is 0 Å². The number of anilines is 3. The molecule has 25 heavy (non-hydrogen) atoms. The number of amides is 1. The second-order valence-electron chi connectivity index (χ2n) is 5.92. The molecule has 1 aliphatic rings. The maximum Gasteiger partial charge on any atom is 0.227 e. The summed E-state index contributed by atoms with van der Waals surface area (Å²) in [5.41, 5.74) is 1.56. The van der Waals surface area contributed by atoms with Crippen LogP contribution in [0.4, 0.5) is 17.2 Å². The molecule has 2 heterocycles. The lowest BCUT2D eigenvalue weighted by atomic mass is 10.0. The molecule has 2 N–H and O–H groups in total. The van der Waals surface area contributed by atoms with E-state index in [0.29, 0.717) is 24.7 Å². The highest BCUT2D eigenvalue weighted by molar-refractivity contribution is 5.92. The second-order valence-corrected chi connectivity index (χ2v) is 5.92. The first-order valence-corrected chi connectivity index (χ1v) is 8.63. The smallest absolute Gasteiger partial charge is 0.227 e. The number of ether oxygens (including phenoxy) is 2. The molecule has 0 fully saturated rings. The van der Waals surface area contributed by atoms with E-state index in [4.69, 9.17) is 9.47 Å². The minimum atomic E-state index is 0.0375. The van der Waals surface area contributed by atoms with Crippen molar-refractivity contribution in [2.75, 3.05) is 23.8 Å². The first-order valence-electron chi connectivity index (χ1n) is 8.63. The molecule has 3 rings (SSSR count). The van der Waals surface area contributed by atoms with Gasteiger partial charge in [0, 0.05) is 17.7 Å². The lowest BCUT2D eigenvalue weighted by Crippen LogP contribution is -2.21. The van der Waals surface area contributed by atoms with E-state index in [-0.39, 0.29) is 11.8 Å². The van der Waals surface area contributed by atoms with E-state index in [2.05, 4.69) is 15.6 Å². The lowest BCUT2D eigenvalue weighted by molar-refractivity contribution is -0.120. The van der Waals surface area contributed by atoms with Crippen molar-refractivity contribution < 1.29 is 14.3 Å². The normalized spacial score (nSPS) is 12.8. The molecule has 132 valence electrons. The number of benzene rings is 1. The number of nitrogens with one attached hydrogen (secondary N) is 2. The highest BCUT2D eigenvalue weighted by Gasteiger charge is 2.14. The molecule has 0 spiro atoms. The van der Waals surface area contributed by atoms with E-state index < -0.39 is 0 Å². The average Bonchev–Trinajstić information content (AvgIpc) is 2.64. The number of aromatic nitrogens is 1. The molecule has 6 nitrogen and oxygen atoms in total. The van der Waals surface area contributed by atoms with Crippen molar-refractivity contribution in [1.82, 2.24) is 4.98 Å². The number of carbonyl (C=O) groups excluding carboxylic acids is 1. The van der Waals surface area contributed by atoms with Crippen LogP contribution < -0.4 is 20.1 Å². The first kappa shape index (κ1) is 17.1. The Morgan fingerprint density at radius 2 is 1.80 bits per heavy atom. The van der Waals surface area contributed by atoms with E-state index >= 15 is 0 Å². The molecule has 0 saturated heterocycles. The zero-order valence-electron chi connectivity index (χ0n) is 14.5. The van der Waals surface area contributed by atoms with Crippen LogP contribution in [0.15, 0.2) is 36.5 Å². The third kappa shape index (κ3) is 4.21. The fourth-order valence-corrected chi connectivity index (χ4v) is 2.71. The van der Waals surface area contributed by atoms with Gasteiger partial charge in [-0.1, -0.05) is 13.8 Å². The number of hydrogen-bond donors (Lipinski definition) is 2. The molecule has 0 saturated carbocycles. The van der Waals surface area contributed by atoms with Crippen LogP contribution in [0.1, 0.15) is 26.7 Å². The monoisotopic (exact) mass is 341 g/mol. The molecule has 0 bridgehead atoms. The third-order valence-electron chi connectivity index (χ3n) is 4.20. The molecule has 0 aliphatic carbocycles. The summed E-state index contributed by atoms with van der Waals surface area (Å²) in [6, 6.07) is 9.35. The summed E-state index contributed by atoms with van der Waals surface area (Å²) in [7, 11) is 0. The van der Waals surface area contributed by atoms with Crippen molar-refractivity contribution in [2.24, 2.45) is 5.92 Å². The van der Waals surface area contributed by atoms with Crippen LogP contribution in [-0.4, -0.2) is 24.1 Å². The van der Waals surface area contributed by atoms with Gasteiger partial charge >= 0.3 is 0 Å². The Kier molecular flexibility index (Phi) is 5.38. The third-order valence-corrected chi connectivity index (χ3v) is 4.20. The van der Waals surface area contributed by atoms with Crippen LogP contribution in [0.25, 0.3) is 0 Å². The van der Waals surface area contributed by atoms with Crippen LogP contribution in [-0.2, 0) is 4.79 Å². The summed E-state index contributed by atoms with van der Waals surface area (Å²) in [6.07, 6.45) is 3.32. The number of hydrogen-bond acceptors (Lipinski definition) is 5. The van der Waals surface area contributed by atoms with Gasteiger partial charge in [0.05, 0.1) is 11.9 Å². The molecule has 0 radical (unpaired) electrons. The maximum absolute atomic E-state index is 12.1. The van der Waals surface area contributed by atoms with Crippen molar-refractivity contribution >= 4 is 23.1 Å². The summed E-state index contributed by atoms with van der Waals surface area (Å²) in [6.45, 7) is 5.17. The molecule has 1 amide bonds. The quantitative estimate of drug-likeness (QED) is 0.832. The van der Waals surface area contributed by atoms with Gasteiger partial charge in [-0.2, -0.15) is 0 Å². The Hall–Kier alpha value is -2.76. The minimum absolute atomic E-state index is 0.0375. The predicted molar refractivity (Wildman–Crippen MR) is 97.7 cm³/mol. The molecule has 0 atom stereocenters. The number of carbonyl (C=O) groups is 1. The lowest BCUT2D eigenvalue weighted by Gasteiger charge is -2.19. The molecule has 2 aromatic rings. The SMILES string of the molecule is CCC(CC)C(=O)Nc1ccc(Nc2ccc3c(c2)OCCO3)nc1. The molecule has 1 aliphatic heterocycles. The number of rotatable bonds is 6. The van der Waals surface area contributed by atoms with Crippen LogP contribution >= 0.6 is 0 Å². The summed E-state index contributed by atoms with van der Waals surface area (Å²) in [4.78, 5) is 16.5. The number of pyridine rings is 1. The topological polar surface area (TPSA) is 72.5 Å². The van der Waals surface area contributed by atoms with E-state index in [1.54, 1.807) is 6.20 Å².